The van der Waals surface area contributed by atoms with E-state index in [0.717, 1.165) is 12.0 Å². The number of sulfone groups is 1. The minimum Gasteiger partial charge on any atom is -0.326 e. The summed E-state index contributed by atoms with van der Waals surface area (Å²) in [5.41, 5.74) is 1.50. The van der Waals surface area contributed by atoms with Crippen LogP contribution in [-0.4, -0.2) is 25.8 Å². The Labute approximate surface area is 124 Å². The molecule has 1 unspecified atom stereocenters. The summed E-state index contributed by atoms with van der Waals surface area (Å²) >= 11 is 6.00. The van der Waals surface area contributed by atoms with Crippen molar-refractivity contribution in [3.63, 3.8) is 0 Å². The van der Waals surface area contributed by atoms with Gasteiger partial charge in [-0.2, -0.15) is 0 Å². The number of benzene rings is 1. The zero-order valence-electron chi connectivity index (χ0n) is 11.4. The molecule has 0 radical (unpaired) electrons. The van der Waals surface area contributed by atoms with Crippen molar-refractivity contribution < 1.29 is 13.2 Å². The normalized spacial score (nSPS) is 21.4. The van der Waals surface area contributed by atoms with E-state index in [1.54, 1.807) is 18.2 Å². The molecular formula is C14H18ClNO3S. The molecule has 1 fully saturated rings. The van der Waals surface area contributed by atoms with Crippen molar-refractivity contribution in [2.24, 2.45) is 5.92 Å². The second-order valence-electron chi connectivity index (χ2n) is 5.29. The number of carbonyl (C=O) groups excluding carboxylic acids is 1. The van der Waals surface area contributed by atoms with E-state index in [4.69, 9.17) is 11.6 Å². The molecule has 0 aliphatic carbocycles. The van der Waals surface area contributed by atoms with Crippen molar-refractivity contribution in [3.8, 4) is 0 Å². The first-order valence-electron chi connectivity index (χ1n) is 6.63. The van der Waals surface area contributed by atoms with Crippen LogP contribution in [0, 0.1) is 12.8 Å². The van der Waals surface area contributed by atoms with E-state index in [-0.39, 0.29) is 29.8 Å². The number of hydrogen-bond donors (Lipinski definition) is 1. The maximum atomic E-state index is 12.0. The third kappa shape index (κ3) is 3.96. The molecule has 0 aromatic heterocycles. The molecule has 2 rings (SSSR count). The van der Waals surface area contributed by atoms with Gasteiger partial charge in [0.1, 0.15) is 0 Å². The molecule has 1 atom stereocenters. The number of anilines is 1. The molecular weight excluding hydrogens is 298 g/mol. The van der Waals surface area contributed by atoms with Gasteiger partial charge in [-0.3, -0.25) is 4.79 Å². The molecule has 110 valence electrons. The molecule has 20 heavy (non-hydrogen) atoms. The highest BCUT2D eigenvalue weighted by Gasteiger charge is 2.26. The van der Waals surface area contributed by atoms with E-state index in [2.05, 4.69) is 5.32 Å². The lowest BCUT2D eigenvalue weighted by atomic mass is 10.0. The lowest BCUT2D eigenvalue weighted by Gasteiger charge is -2.21. The first kappa shape index (κ1) is 15.3. The molecule has 1 amide bonds. The molecule has 1 saturated heterocycles. The van der Waals surface area contributed by atoms with Gasteiger partial charge >= 0.3 is 0 Å². The molecule has 1 heterocycles. The minimum absolute atomic E-state index is 0.0757. The standard InChI is InChI=1S/C14H18ClNO3S/c1-10-12(15)5-2-6-13(10)16-14(17)8-11-4-3-7-20(18,19)9-11/h2,5-6,11H,3-4,7-9H2,1H3,(H,16,17). The topological polar surface area (TPSA) is 63.2 Å². The molecule has 1 aromatic carbocycles. The van der Waals surface area contributed by atoms with Crippen molar-refractivity contribution in [1.82, 2.24) is 0 Å². The van der Waals surface area contributed by atoms with E-state index < -0.39 is 9.84 Å². The lowest BCUT2D eigenvalue weighted by Crippen LogP contribution is -2.28. The summed E-state index contributed by atoms with van der Waals surface area (Å²) in [6.07, 6.45) is 1.68. The van der Waals surface area contributed by atoms with Crippen LogP contribution >= 0.6 is 11.6 Å². The molecule has 1 aliphatic rings. The second kappa shape index (κ2) is 6.14. The summed E-state index contributed by atoms with van der Waals surface area (Å²) in [4.78, 5) is 12.0. The number of amides is 1. The van der Waals surface area contributed by atoms with Crippen LogP contribution in [0.4, 0.5) is 5.69 Å². The number of rotatable bonds is 3. The fourth-order valence-electron chi connectivity index (χ4n) is 2.49. The van der Waals surface area contributed by atoms with Gasteiger partial charge in [-0.15, -0.1) is 0 Å². The Balaban J connectivity index is 1.97. The summed E-state index contributed by atoms with van der Waals surface area (Å²) in [5, 5.41) is 3.41. The molecule has 4 nitrogen and oxygen atoms in total. The van der Waals surface area contributed by atoms with Gasteiger partial charge in [0, 0.05) is 17.1 Å². The van der Waals surface area contributed by atoms with Crippen molar-refractivity contribution in [1.29, 1.82) is 0 Å². The first-order chi connectivity index (χ1) is 9.37. The molecule has 1 aromatic rings. The molecule has 1 N–H and O–H groups in total. The predicted octanol–water partition coefficient (Wildman–Crippen LogP) is 2.80. The van der Waals surface area contributed by atoms with Gasteiger partial charge in [0.25, 0.3) is 0 Å². The lowest BCUT2D eigenvalue weighted by molar-refractivity contribution is -0.117. The third-order valence-corrected chi connectivity index (χ3v) is 5.87. The highest BCUT2D eigenvalue weighted by Crippen LogP contribution is 2.25. The van der Waals surface area contributed by atoms with Gasteiger partial charge in [0.05, 0.1) is 11.5 Å². The number of hydrogen-bond acceptors (Lipinski definition) is 3. The van der Waals surface area contributed by atoms with Crippen molar-refractivity contribution in [2.45, 2.75) is 26.2 Å². The zero-order valence-corrected chi connectivity index (χ0v) is 12.9. The SMILES string of the molecule is Cc1c(Cl)cccc1NC(=O)CC1CCCS(=O)(=O)C1. The Hall–Kier alpha value is -1.07. The predicted molar refractivity (Wildman–Crippen MR) is 80.8 cm³/mol. The minimum atomic E-state index is -2.97. The van der Waals surface area contributed by atoms with E-state index in [9.17, 15) is 13.2 Å². The van der Waals surface area contributed by atoms with Crippen molar-refractivity contribution in [3.05, 3.63) is 28.8 Å². The van der Waals surface area contributed by atoms with Gasteiger partial charge in [-0.25, -0.2) is 8.42 Å². The maximum Gasteiger partial charge on any atom is 0.224 e. The maximum absolute atomic E-state index is 12.0. The number of nitrogens with one attached hydrogen (secondary N) is 1. The monoisotopic (exact) mass is 315 g/mol. The summed E-state index contributed by atoms with van der Waals surface area (Å²) < 4.78 is 23.1. The molecule has 0 bridgehead atoms. The van der Waals surface area contributed by atoms with Crippen molar-refractivity contribution >= 4 is 33.0 Å². The number of halogens is 1. The van der Waals surface area contributed by atoms with Gasteiger partial charge in [-0.05, 0) is 43.4 Å². The average molecular weight is 316 g/mol. The van der Waals surface area contributed by atoms with Gasteiger partial charge in [-0.1, -0.05) is 17.7 Å². The average Bonchev–Trinajstić information content (AvgIpc) is 2.33. The van der Waals surface area contributed by atoms with Crippen LogP contribution in [0.25, 0.3) is 0 Å². The van der Waals surface area contributed by atoms with Gasteiger partial charge in [0.15, 0.2) is 9.84 Å². The summed E-state index contributed by atoms with van der Waals surface area (Å²) in [6, 6.07) is 5.33. The summed E-state index contributed by atoms with van der Waals surface area (Å²) in [6.45, 7) is 1.84. The second-order valence-corrected chi connectivity index (χ2v) is 7.92. The Morgan fingerprint density at radius 1 is 1.45 bits per heavy atom. The Kier molecular flexibility index (Phi) is 4.70. The Bertz CT molecular complexity index is 613. The van der Waals surface area contributed by atoms with Crippen LogP contribution in [-0.2, 0) is 14.6 Å². The molecule has 0 saturated carbocycles. The van der Waals surface area contributed by atoms with E-state index in [1.165, 1.54) is 0 Å². The van der Waals surface area contributed by atoms with Crippen LogP contribution in [0.3, 0.4) is 0 Å². The quantitative estimate of drug-likeness (QED) is 0.933. The Morgan fingerprint density at radius 2 is 2.20 bits per heavy atom. The van der Waals surface area contributed by atoms with Gasteiger partial charge in [0.2, 0.25) is 5.91 Å². The molecule has 1 aliphatic heterocycles. The van der Waals surface area contributed by atoms with Crippen LogP contribution in [0.2, 0.25) is 5.02 Å². The summed E-state index contributed by atoms with van der Waals surface area (Å²) in [5.74, 6) is 0.138. The van der Waals surface area contributed by atoms with Crippen LogP contribution in [0.5, 0.6) is 0 Å². The van der Waals surface area contributed by atoms with Crippen LogP contribution in [0.1, 0.15) is 24.8 Å². The Morgan fingerprint density at radius 3 is 2.90 bits per heavy atom. The number of carbonyl (C=O) groups is 1. The molecule has 0 spiro atoms. The van der Waals surface area contributed by atoms with Crippen LogP contribution in [0.15, 0.2) is 18.2 Å². The smallest absolute Gasteiger partial charge is 0.224 e. The van der Waals surface area contributed by atoms with Crippen LogP contribution < -0.4 is 5.32 Å². The van der Waals surface area contributed by atoms with E-state index in [0.29, 0.717) is 17.1 Å². The van der Waals surface area contributed by atoms with Gasteiger partial charge < -0.3 is 5.32 Å². The largest absolute Gasteiger partial charge is 0.326 e. The zero-order chi connectivity index (χ0) is 14.8. The fraction of sp³-hybridized carbons (Fsp3) is 0.500. The summed E-state index contributed by atoms with van der Waals surface area (Å²) in [7, 11) is -2.97. The third-order valence-electron chi connectivity index (χ3n) is 3.57. The van der Waals surface area contributed by atoms with Crippen molar-refractivity contribution in [2.75, 3.05) is 16.8 Å². The highest BCUT2D eigenvalue weighted by atomic mass is 35.5. The van der Waals surface area contributed by atoms with E-state index in [1.807, 2.05) is 6.92 Å². The molecule has 6 heteroatoms. The highest BCUT2D eigenvalue weighted by molar-refractivity contribution is 7.91. The first-order valence-corrected chi connectivity index (χ1v) is 8.83. The fourth-order valence-corrected chi connectivity index (χ4v) is 4.44. The van der Waals surface area contributed by atoms with E-state index >= 15 is 0 Å².